The number of carboxylic acid groups (broad SMARTS) is 1. The fourth-order valence-corrected chi connectivity index (χ4v) is 1.41. The second-order valence-electron chi connectivity index (χ2n) is 3.44. The zero-order valence-corrected chi connectivity index (χ0v) is 9.56. The summed E-state index contributed by atoms with van der Waals surface area (Å²) in [5.74, 6) is -0.354. The predicted molar refractivity (Wildman–Crippen MR) is 57.8 cm³/mol. The van der Waals surface area contributed by atoms with E-state index in [1.807, 2.05) is 0 Å². The Balaban J connectivity index is 3.04. The number of hydrogen-bond donors (Lipinski definition) is 1. The standard InChI is InChI=1S/C11H15NO4/c1-7(11(13)14)6-8-9(15-2)4-5-12-10(8)16-3/h4-5,7H,6H2,1-3H3,(H,13,14). The number of aromatic nitrogens is 1. The average molecular weight is 225 g/mol. The third-order valence-electron chi connectivity index (χ3n) is 2.32. The highest BCUT2D eigenvalue weighted by atomic mass is 16.5. The molecule has 0 aliphatic rings. The monoisotopic (exact) mass is 225 g/mol. The minimum Gasteiger partial charge on any atom is -0.496 e. The number of ether oxygens (including phenoxy) is 2. The molecule has 0 amide bonds. The van der Waals surface area contributed by atoms with Gasteiger partial charge in [-0.05, 0) is 12.5 Å². The van der Waals surface area contributed by atoms with Crippen LogP contribution in [0.15, 0.2) is 12.3 Å². The number of methoxy groups -OCH3 is 2. The molecular weight excluding hydrogens is 210 g/mol. The average Bonchev–Trinajstić information content (AvgIpc) is 2.29. The largest absolute Gasteiger partial charge is 0.496 e. The second kappa shape index (κ2) is 5.34. The van der Waals surface area contributed by atoms with E-state index >= 15 is 0 Å². The lowest BCUT2D eigenvalue weighted by atomic mass is 10.0. The molecule has 1 aromatic rings. The second-order valence-corrected chi connectivity index (χ2v) is 3.44. The zero-order valence-electron chi connectivity index (χ0n) is 9.56. The maximum Gasteiger partial charge on any atom is 0.306 e. The van der Waals surface area contributed by atoms with E-state index in [2.05, 4.69) is 4.98 Å². The molecule has 0 fully saturated rings. The molecule has 1 N–H and O–H groups in total. The van der Waals surface area contributed by atoms with Gasteiger partial charge in [-0.2, -0.15) is 0 Å². The summed E-state index contributed by atoms with van der Waals surface area (Å²) >= 11 is 0. The molecule has 0 radical (unpaired) electrons. The topological polar surface area (TPSA) is 68.7 Å². The fourth-order valence-electron chi connectivity index (χ4n) is 1.41. The molecule has 0 bridgehead atoms. The van der Waals surface area contributed by atoms with Gasteiger partial charge in [-0.25, -0.2) is 4.98 Å². The first-order valence-corrected chi connectivity index (χ1v) is 4.88. The lowest BCUT2D eigenvalue weighted by molar-refractivity contribution is -0.141. The Morgan fingerprint density at radius 3 is 2.69 bits per heavy atom. The van der Waals surface area contributed by atoms with E-state index in [9.17, 15) is 4.79 Å². The summed E-state index contributed by atoms with van der Waals surface area (Å²) in [5, 5.41) is 8.87. The maximum absolute atomic E-state index is 10.8. The van der Waals surface area contributed by atoms with Crippen molar-refractivity contribution in [2.45, 2.75) is 13.3 Å². The van der Waals surface area contributed by atoms with Crippen LogP contribution in [0.1, 0.15) is 12.5 Å². The molecule has 16 heavy (non-hydrogen) atoms. The van der Waals surface area contributed by atoms with Gasteiger partial charge in [-0.15, -0.1) is 0 Å². The number of carbonyl (C=O) groups is 1. The van der Waals surface area contributed by atoms with Crippen LogP contribution in [0.5, 0.6) is 11.6 Å². The van der Waals surface area contributed by atoms with Crippen LogP contribution in [-0.2, 0) is 11.2 Å². The van der Waals surface area contributed by atoms with E-state index in [4.69, 9.17) is 14.6 Å². The normalized spacial score (nSPS) is 11.9. The van der Waals surface area contributed by atoms with Gasteiger partial charge in [-0.1, -0.05) is 6.92 Å². The number of rotatable bonds is 5. The van der Waals surface area contributed by atoms with Gasteiger partial charge >= 0.3 is 5.97 Å². The highest BCUT2D eigenvalue weighted by Gasteiger charge is 2.18. The lowest BCUT2D eigenvalue weighted by Gasteiger charge is -2.13. The first-order chi connectivity index (χ1) is 7.60. The van der Waals surface area contributed by atoms with Gasteiger partial charge in [0.15, 0.2) is 0 Å². The van der Waals surface area contributed by atoms with Crippen LogP contribution in [0.25, 0.3) is 0 Å². The molecule has 88 valence electrons. The van der Waals surface area contributed by atoms with Crippen molar-refractivity contribution >= 4 is 5.97 Å². The van der Waals surface area contributed by atoms with Crippen LogP contribution in [-0.4, -0.2) is 30.3 Å². The molecule has 1 aromatic heterocycles. The fraction of sp³-hybridized carbons (Fsp3) is 0.455. The molecular formula is C11H15NO4. The number of nitrogens with zero attached hydrogens (tertiary/aromatic N) is 1. The van der Waals surface area contributed by atoms with Crippen molar-refractivity contribution in [2.24, 2.45) is 5.92 Å². The van der Waals surface area contributed by atoms with Crippen molar-refractivity contribution < 1.29 is 19.4 Å². The van der Waals surface area contributed by atoms with Crippen molar-refractivity contribution in [1.82, 2.24) is 4.98 Å². The molecule has 1 unspecified atom stereocenters. The van der Waals surface area contributed by atoms with Gasteiger partial charge in [0.05, 0.1) is 25.7 Å². The number of hydrogen-bond acceptors (Lipinski definition) is 4. The van der Waals surface area contributed by atoms with Crippen LogP contribution in [0.3, 0.4) is 0 Å². The van der Waals surface area contributed by atoms with Gasteiger partial charge in [0, 0.05) is 6.20 Å². The van der Waals surface area contributed by atoms with E-state index in [0.29, 0.717) is 23.6 Å². The Kier molecular flexibility index (Phi) is 4.10. The van der Waals surface area contributed by atoms with Crippen molar-refractivity contribution in [2.75, 3.05) is 14.2 Å². The Morgan fingerprint density at radius 2 is 2.19 bits per heavy atom. The smallest absolute Gasteiger partial charge is 0.306 e. The van der Waals surface area contributed by atoms with Crippen molar-refractivity contribution in [3.8, 4) is 11.6 Å². The lowest BCUT2D eigenvalue weighted by Crippen LogP contribution is -2.13. The molecule has 5 nitrogen and oxygen atoms in total. The summed E-state index contributed by atoms with van der Waals surface area (Å²) in [4.78, 5) is 14.8. The molecule has 0 saturated heterocycles. The summed E-state index contributed by atoms with van der Waals surface area (Å²) in [6.07, 6.45) is 1.89. The Morgan fingerprint density at radius 1 is 1.50 bits per heavy atom. The number of carboxylic acids is 1. The molecule has 1 heterocycles. The Hall–Kier alpha value is -1.78. The van der Waals surface area contributed by atoms with Crippen molar-refractivity contribution in [3.63, 3.8) is 0 Å². The number of pyridine rings is 1. The van der Waals surface area contributed by atoms with Gasteiger partial charge in [-0.3, -0.25) is 4.79 Å². The third kappa shape index (κ3) is 2.62. The van der Waals surface area contributed by atoms with Crippen LogP contribution in [0.4, 0.5) is 0 Å². The minimum absolute atomic E-state index is 0.329. The summed E-state index contributed by atoms with van der Waals surface area (Å²) in [7, 11) is 3.03. The molecule has 1 atom stereocenters. The molecule has 0 aliphatic carbocycles. The van der Waals surface area contributed by atoms with Gasteiger partial charge in [0.1, 0.15) is 5.75 Å². The highest BCUT2D eigenvalue weighted by Crippen LogP contribution is 2.28. The van der Waals surface area contributed by atoms with Gasteiger partial charge in [0.25, 0.3) is 0 Å². The first kappa shape index (κ1) is 12.3. The molecule has 5 heteroatoms. The summed E-state index contributed by atoms with van der Waals surface area (Å²) in [5.41, 5.74) is 0.683. The van der Waals surface area contributed by atoms with Crippen LogP contribution < -0.4 is 9.47 Å². The summed E-state index contributed by atoms with van der Waals surface area (Å²) in [6, 6.07) is 1.69. The van der Waals surface area contributed by atoms with Crippen molar-refractivity contribution in [3.05, 3.63) is 17.8 Å². The Labute approximate surface area is 94.0 Å². The van der Waals surface area contributed by atoms with Crippen LogP contribution in [0, 0.1) is 5.92 Å². The quantitative estimate of drug-likeness (QED) is 0.819. The van der Waals surface area contributed by atoms with Crippen LogP contribution in [0.2, 0.25) is 0 Å². The minimum atomic E-state index is -0.854. The highest BCUT2D eigenvalue weighted by molar-refractivity contribution is 5.70. The third-order valence-corrected chi connectivity index (χ3v) is 2.32. The van der Waals surface area contributed by atoms with E-state index in [-0.39, 0.29) is 0 Å². The Bertz CT molecular complexity index is 356. The molecule has 0 aliphatic heterocycles. The summed E-state index contributed by atoms with van der Waals surface area (Å²) < 4.78 is 10.2. The SMILES string of the molecule is COc1ccnc(OC)c1CC(C)C(=O)O. The van der Waals surface area contributed by atoms with Gasteiger partial charge in [0.2, 0.25) is 5.88 Å². The van der Waals surface area contributed by atoms with E-state index in [1.54, 1.807) is 19.2 Å². The molecule has 1 rings (SSSR count). The van der Waals surface area contributed by atoms with Crippen LogP contribution >= 0.6 is 0 Å². The summed E-state index contributed by atoms with van der Waals surface area (Å²) in [6.45, 7) is 1.63. The first-order valence-electron chi connectivity index (χ1n) is 4.88. The number of aliphatic carboxylic acids is 1. The molecule has 0 spiro atoms. The zero-order chi connectivity index (χ0) is 12.1. The van der Waals surface area contributed by atoms with E-state index in [0.717, 1.165) is 0 Å². The predicted octanol–water partition coefficient (Wildman–Crippen LogP) is 1.36. The molecule has 0 aromatic carbocycles. The van der Waals surface area contributed by atoms with E-state index in [1.165, 1.54) is 14.2 Å². The maximum atomic E-state index is 10.8. The van der Waals surface area contributed by atoms with Gasteiger partial charge < -0.3 is 14.6 Å². The van der Waals surface area contributed by atoms with Crippen molar-refractivity contribution in [1.29, 1.82) is 0 Å². The molecule has 0 saturated carbocycles. The van der Waals surface area contributed by atoms with E-state index < -0.39 is 11.9 Å².